The third-order valence-electron chi connectivity index (χ3n) is 12.8. The van der Waals surface area contributed by atoms with Gasteiger partial charge in [0.15, 0.2) is 24.6 Å². The van der Waals surface area contributed by atoms with Crippen LogP contribution in [0.15, 0.2) is 134 Å². The first-order valence-electron chi connectivity index (χ1n) is 30.2. The van der Waals surface area contributed by atoms with Gasteiger partial charge in [-0.3, -0.25) is 14.4 Å². The van der Waals surface area contributed by atoms with Crippen molar-refractivity contribution in [3.63, 3.8) is 0 Å². The van der Waals surface area contributed by atoms with E-state index in [1.807, 2.05) is 24.3 Å². The highest BCUT2D eigenvalue weighted by Crippen LogP contribution is 2.26. The molecule has 6 unspecified atom stereocenters. The zero-order chi connectivity index (χ0) is 57.5. The quantitative estimate of drug-likeness (QED) is 0.0228. The lowest BCUT2D eigenvalue weighted by Gasteiger charge is -2.40. The predicted octanol–water partition coefficient (Wildman–Crippen LogP) is 15.8. The molecule has 1 rings (SSSR count). The minimum Gasteiger partial charge on any atom is -0.479 e. The number of allylic oxidation sites excluding steroid dienone is 21. The number of rotatable bonds is 49. The number of carbonyl (C=O) groups is 4. The maximum absolute atomic E-state index is 13.2. The van der Waals surface area contributed by atoms with Gasteiger partial charge in [-0.05, 0) is 83.5 Å². The van der Waals surface area contributed by atoms with Gasteiger partial charge in [0.25, 0.3) is 0 Å². The lowest BCUT2D eigenvalue weighted by atomic mass is 9.98. The molecule has 0 aliphatic carbocycles. The van der Waals surface area contributed by atoms with E-state index in [1.54, 1.807) is 12.2 Å². The molecule has 79 heavy (non-hydrogen) atoms. The molecular formula is C67H104O12. The van der Waals surface area contributed by atoms with Gasteiger partial charge in [-0.25, -0.2) is 4.79 Å². The Morgan fingerprint density at radius 3 is 1.25 bits per heavy atom. The number of unbranched alkanes of at least 4 members (excludes halogenated alkanes) is 14. The smallest absolute Gasteiger partial charge is 0.335 e. The maximum Gasteiger partial charge on any atom is 0.335 e. The molecule has 0 aromatic rings. The van der Waals surface area contributed by atoms with Gasteiger partial charge in [-0.2, -0.15) is 0 Å². The molecule has 1 fully saturated rings. The van der Waals surface area contributed by atoms with E-state index in [0.717, 1.165) is 77.0 Å². The van der Waals surface area contributed by atoms with E-state index in [2.05, 4.69) is 118 Å². The number of carbonyl (C=O) groups excluding carboxylic acids is 3. The SMILES string of the molecule is CC/C=C\C/C=C\C/C=C\C/C=C\C/C=C\C/C=C\CCC(=O)OCC(COC1OC(C(=O)O)C(O)C(O)C1OC(=O)C/C=C\C/C=C\C/C=C\C/C=C\C/C=C\CC)OC(=O)CCCCCCCCCCCCCCCCC. The highest BCUT2D eigenvalue weighted by atomic mass is 16.7. The minimum atomic E-state index is -1.95. The Hall–Kier alpha value is -5.14. The Morgan fingerprint density at radius 2 is 0.835 bits per heavy atom. The van der Waals surface area contributed by atoms with Crippen LogP contribution in [0.2, 0.25) is 0 Å². The fourth-order valence-corrected chi connectivity index (χ4v) is 8.23. The maximum atomic E-state index is 13.2. The van der Waals surface area contributed by atoms with Crippen molar-refractivity contribution in [1.82, 2.24) is 0 Å². The Labute approximate surface area is 477 Å². The molecule has 0 bridgehead atoms. The second kappa shape index (κ2) is 53.5. The van der Waals surface area contributed by atoms with Crippen molar-refractivity contribution in [2.24, 2.45) is 0 Å². The van der Waals surface area contributed by atoms with Crippen LogP contribution in [0, 0.1) is 0 Å². The molecule has 0 aromatic heterocycles. The summed E-state index contributed by atoms with van der Waals surface area (Å²) < 4.78 is 28.2. The van der Waals surface area contributed by atoms with Gasteiger partial charge in [0.1, 0.15) is 18.8 Å². The van der Waals surface area contributed by atoms with Gasteiger partial charge in [-0.15, -0.1) is 0 Å². The number of esters is 3. The van der Waals surface area contributed by atoms with Gasteiger partial charge in [-0.1, -0.05) is 244 Å². The first-order chi connectivity index (χ1) is 38.6. The zero-order valence-electron chi connectivity index (χ0n) is 48.8. The van der Waals surface area contributed by atoms with E-state index in [9.17, 15) is 34.5 Å². The Morgan fingerprint density at radius 1 is 0.443 bits per heavy atom. The fraction of sp³-hybridized carbons (Fsp3) is 0.612. The Bertz CT molecular complexity index is 1880. The summed E-state index contributed by atoms with van der Waals surface area (Å²) in [6, 6.07) is 0. The molecule has 12 nitrogen and oxygen atoms in total. The lowest BCUT2D eigenvalue weighted by Crippen LogP contribution is -2.61. The summed E-state index contributed by atoms with van der Waals surface area (Å²) in [5, 5.41) is 31.5. The van der Waals surface area contributed by atoms with Crippen molar-refractivity contribution in [3.8, 4) is 0 Å². The first-order valence-corrected chi connectivity index (χ1v) is 30.2. The number of aliphatic carboxylic acids is 1. The minimum absolute atomic E-state index is 0.0782. The van der Waals surface area contributed by atoms with E-state index in [-0.39, 0.29) is 25.9 Å². The molecule has 1 aliphatic rings. The standard InChI is InChI=1S/C67H104O12/c1-4-7-10-13-16-19-22-25-28-29-30-31-34-35-38-41-44-47-50-53-59(68)75-56-58(77-60(69)54-51-48-45-42-39-36-32-26-23-20-17-14-11-8-5-2)57-76-67-65(63(72)62(71)64(79-67)66(73)74)78-61(70)55-52-49-46-43-40-37-33-27-24-21-18-15-12-9-6-3/h7,9-10,12,16,18-19,21,25,27-28,30-31,33,35,38,40,43-44,47,49,52,58,62-65,67,71-72H,4-6,8,11,13-15,17,20,22-24,26,29,32,34,36-37,39,41-42,45-46,48,50-51,53-57H2,1-3H3,(H,73,74)/b10-7-,12-9-,19-16-,21-18-,28-25-,31-30-,33-27-,38-35-,43-40-,47-44-,52-49-. The molecule has 444 valence electrons. The number of ether oxygens (including phenoxy) is 5. The van der Waals surface area contributed by atoms with Gasteiger partial charge >= 0.3 is 23.9 Å². The summed E-state index contributed by atoms with van der Waals surface area (Å²) in [4.78, 5) is 51.1. The van der Waals surface area contributed by atoms with Crippen LogP contribution < -0.4 is 0 Å². The van der Waals surface area contributed by atoms with Crippen LogP contribution in [0.3, 0.4) is 0 Å². The Kier molecular flexibility index (Phi) is 48.7. The number of aliphatic hydroxyl groups excluding tert-OH is 2. The summed E-state index contributed by atoms with van der Waals surface area (Å²) in [5.41, 5.74) is 0. The Balaban J connectivity index is 2.79. The van der Waals surface area contributed by atoms with Gasteiger partial charge in [0.2, 0.25) is 0 Å². The molecule has 6 atom stereocenters. The zero-order valence-corrected chi connectivity index (χ0v) is 48.8. The number of aliphatic hydroxyl groups is 2. The molecule has 1 aliphatic heterocycles. The summed E-state index contributed by atoms with van der Waals surface area (Å²) in [6.07, 6.45) is 63.2. The van der Waals surface area contributed by atoms with E-state index in [1.165, 1.54) is 70.6 Å². The highest BCUT2D eigenvalue weighted by Gasteiger charge is 2.50. The molecule has 0 spiro atoms. The fourth-order valence-electron chi connectivity index (χ4n) is 8.23. The molecule has 1 heterocycles. The number of carboxylic acids is 1. The molecular weight excluding hydrogens is 997 g/mol. The molecule has 12 heteroatoms. The molecule has 0 saturated carbocycles. The largest absolute Gasteiger partial charge is 0.479 e. The number of hydrogen-bond acceptors (Lipinski definition) is 11. The van der Waals surface area contributed by atoms with Crippen LogP contribution >= 0.6 is 0 Å². The van der Waals surface area contributed by atoms with Crippen molar-refractivity contribution >= 4 is 23.9 Å². The summed E-state index contributed by atoms with van der Waals surface area (Å²) >= 11 is 0. The average Bonchev–Trinajstić information content (AvgIpc) is 3.46. The molecule has 0 amide bonds. The van der Waals surface area contributed by atoms with Crippen LogP contribution in [0.1, 0.15) is 213 Å². The van der Waals surface area contributed by atoms with Crippen LogP contribution in [-0.2, 0) is 42.9 Å². The van der Waals surface area contributed by atoms with Crippen molar-refractivity contribution in [2.75, 3.05) is 13.2 Å². The second-order valence-electron chi connectivity index (χ2n) is 19.9. The van der Waals surface area contributed by atoms with Crippen LogP contribution in [0.5, 0.6) is 0 Å². The molecule has 1 saturated heterocycles. The third-order valence-corrected chi connectivity index (χ3v) is 12.8. The van der Waals surface area contributed by atoms with Crippen molar-refractivity contribution < 1.29 is 58.2 Å². The first kappa shape index (κ1) is 71.9. The van der Waals surface area contributed by atoms with E-state index < -0.39 is 67.3 Å². The molecule has 0 aromatic carbocycles. The normalized spacial score (nSPS) is 18.8. The predicted molar refractivity (Wildman–Crippen MR) is 321 cm³/mol. The van der Waals surface area contributed by atoms with E-state index in [0.29, 0.717) is 25.7 Å². The highest BCUT2D eigenvalue weighted by molar-refractivity contribution is 5.74. The second-order valence-corrected chi connectivity index (χ2v) is 19.9. The van der Waals surface area contributed by atoms with Crippen molar-refractivity contribution in [1.29, 1.82) is 0 Å². The molecule has 0 radical (unpaired) electrons. The third kappa shape index (κ3) is 43.4. The van der Waals surface area contributed by atoms with Crippen LogP contribution in [0.4, 0.5) is 0 Å². The van der Waals surface area contributed by atoms with E-state index in [4.69, 9.17) is 23.7 Å². The van der Waals surface area contributed by atoms with Crippen LogP contribution in [-0.4, -0.2) is 89.2 Å². The van der Waals surface area contributed by atoms with Crippen molar-refractivity contribution in [3.05, 3.63) is 134 Å². The summed E-state index contributed by atoms with van der Waals surface area (Å²) in [7, 11) is 0. The summed E-state index contributed by atoms with van der Waals surface area (Å²) in [6.45, 7) is 5.65. The number of hydrogen-bond donors (Lipinski definition) is 3. The molecule has 3 N–H and O–H groups in total. The average molecular weight is 1100 g/mol. The van der Waals surface area contributed by atoms with Crippen molar-refractivity contribution in [2.45, 2.75) is 250 Å². The number of carboxylic acid groups (broad SMARTS) is 1. The van der Waals surface area contributed by atoms with Gasteiger partial charge in [0.05, 0.1) is 13.0 Å². The summed E-state index contributed by atoms with van der Waals surface area (Å²) in [5.74, 6) is -3.41. The monoisotopic (exact) mass is 1100 g/mol. The van der Waals surface area contributed by atoms with Gasteiger partial charge in [0, 0.05) is 12.8 Å². The lowest BCUT2D eigenvalue weighted by molar-refractivity contribution is -0.301. The topological polar surface area (TPSA) is 175 Å². The van der Waals surface area contributed by atoms with Crippen LogP contribution in [0.25, 0.3) is 0 Å². The van der Waals surface area contributed by atoms with E-state index >= 15 is 0 Å². The van der Waals surface area contributed by atoms with Gasteiger partial charge < -0.3 is 39.0 Å².